The number of benzene rings is 1. The zero-order valence-corrected chi connectivity index (χ0v) is 16.6. The molecule has 1 amide bonds. The molecule has 0 saturated carbocycles. The van der Waals surface area contributed by atoms with Gasteiger partial charge in [-0.15, -0.1) is 5.10 Å². The topological polar surface area (TPSA) is 75.1 Å². The Balaban J connectivity index is 1.50. The summed E-state index contributed by atoms with van der Waals surface area (Å²) in [5, 5.41) is 15.1. The van der Waals surface area contributed by atoms with Crippen molar-refractivity contribution in [3.05, 3.63) is 47.3 Å². The fraction of sp³-hybridized carbons (Fsp3) is 0.571. The molecule has 7 heteroatoms. The van der Waals surface area contributed by atoms with Gasteiger partial charge in [-0.05, 0) is 64.3 Å². The van der Waals surface area contributed by atoms with Crippen LogP contribution in [-0.4, -0.2) is 58.5 Å². The van der Waals surface area contributed by atoms with Crippen molar-refractivity contribution in [2.45, 2.75) is 44.7 Å². The molecule has 7 nitrogen and oxygen atoms in total. The lowest BCUT2D eigenvalue weighted by molar-refractivity contribution is 0.0921. The molecule has 2 saturated heterocycles. The standard InChI is InChI=1S/C21H30N6O/c1-16-20(24-25-27(16)18-9-11-22-12-10-18)21(28)23-19(15-26-13-5-6-14-26)17-7-3-2-4-8-17/h2-4,7-8,18-19,22H,5-6,9-15H2,1H3,(H,23,28). The summed E-state index contributed by atoms with van der Waals surface area (Å²) in [5.74, 6) is -0.134. The molecular formula is C21H30N6O. The fourth-order valence-corrected chi connectivity index (χ4v) is 4.32. The third-order valence-electron chi connectivity index (χ3n) is 5.94. The van der Waals surface area contributed by atoms with Crippen LogP contribution >= 0.6 is 0 Å². The Kier molecular flexibility index (Phi) is 6.02. The number of hydrogen-bond donors (Lipinski definition) is 2. The minimum absolute atomic E-state index is 0.0461. The molecule has 28 heavy (non-hydrogen) atoms. The van der Waals surface area contributed by atoms with Crippen molar-refractivity contribution >= 4 is 5.91 Å². The molecule has 1 aromatic carbocycles. The van der Waals surface area contributed by atoms with Gasteiger partial charge in [0.15, 0.2) is 5.69 Å². The molecule has 1 unspecified atom stereocenters. The van der Waals surface area contributed by atoms with E-state index in [2.05, 4.69) is 38.0 Å². The highest BCUT2D eigenvalue weighted by atomic mass is 16.2. The summed E-state index contributed by atoms with van der Waals surface area (Å²) in [5.41, 5.74) is 2.43. The SMILES string of the molecule is Cc1c(C(=O)NC(CN2CCCC2)c2ccccc2)nnn1C1CCNCC1. The second-order valence-corrected chi connectivity index (χ2v) is 7.89. The van der Waals surface area contributed by atoms with Gasteiger partial charge >= 0.3 is 0 Å². The third kappa shape index (κ3) is 4.25. The van der Waals surface area contributed by atoms with Crippen LogP contribution in [0.2, 0.25) is 0 Å². The Morgan fingerprint density at radius 2 is 1.93 bits per heavy atom. The van der Waals surface area contributed by atoms with Gasteiger partial charge in [-0.3, -0.25) is 4.79 Å². The fourth-order valence-electron chi connectivity index (χ4n) is 4.32. The summed E-state index contributed by atoms with van der Waals surface area (Å²) in [6.07, 6.45) is 4.51. The molecule has 2 aromatic rings. The van der Waals surface area contributed by atoms with Gasteiger partial charge in [0.05, 0.1) is 17.8 Å². The van der Waals surface area contributed by atoms with Crippen molar-refractivity contribution in [3.63, 3.8) is 0 Å². The molecule has 0 radical (unpaired) electrons. The van der Waals surface area contributed by atoms with Crippen molar-refractivity contribution in [1.82, 2.24) is 30.5 Å². The minimum atomic E-state index is -0.134. The van der Waals surface area contributed by atoms with Crippen molar-refractivity contribution in [1.29, 1.82) is 0 Å². The summed E-state index contributed by atoms with van der Waals surface area (Å²) < 4.78 is 1.94. The lowest BCUT2D eigenvalue weighted by atomic mass is 10.1. The van der Waals surface area contributed by atoms with Gasteiger partial charge in [-0.1, -0.05) is 35.5 Å². The van der Waals surface area contributed by atoms with Crippen molar-refractivity contribution in [2.75, 3.05) is 32.7 Å². The van der Waals surface area contributed by atoms with E-state index >= 15 is 0 Å². The smallest absolute Gasteiger partial charge is 0.274 e. The first-order valence-electron chi connectivity index (χ1n) is 10.4. The zero-order valence-electron chi connectivity index (χ0n) is 16.6. The van der Waals surface area contributed by atoms with Gasteiger partial charge in [0.25, 0.3) is 5.91 Å². The normalized spacial score (nSPS) is 19.6. The van der Waals surface area contributed by atoms with E-state index in [-0.39, 0.29) is 11.9 Å². The van der Waals surface area contributed by atoms with Crippen LogP contribution in [0, 0.1) is 6.92 Å². The van der Waals surface area contributed by atoms with E-state index < -0.39 is 0 Å². The van der Waals surface area contributed by atoms with E-state index in [0.29, 0.717) is 11.7 Å². The summed E-state index contributed by atoms with van der Waals surface area (Å²) in [7, 11) is 0. The van der Waals surface area contributed by atoms with Crippen LogP contribution in [0.25, 0.3) is 0 Å². The van der Waals surface area contributed by atoms with Gasteiger partial charge in [-0.2, -0.15) is 0 Å². The van der Waals surface area contributed by atoms with E-state index in [9.17, 15) is 4.79 Å². The van der Waals surface area contributed by atoms with Crippen LogP contribution in [0.15, 0.2) is 30.3 Å². The molecule has 4 rings (SSSR count). The van der Waals surface area contributed by atoms with E-state index in [1.807, 2.05) is 29.8 Å². The average Bonchev–Trinajstić information content (AvgIpc) is 3.38. The number of carbonyl (C=O) groups excluding carboxylic acids is 1. The first-order chi connectivity index (χ1) is 13.7. The number of carbonyl (C=O) groups is 1. The van der Waals surface area contributed by atoms with Gasteiger partial charge in [0.2, 0.25) is 0 Å². The molecule has 2 N–H and O–H groups in total. The Labute approximate surface area is 166 Å². The Hall–Kier alpha value is -2.25. The number of nitrogens with zero attached hydrogens (tertiary/aromatic N) is 4. The van der Waals surface area contributed by atoms with Gasteiger partial charge in [0.1, 0.15) is 0 Å². The lowest BCUT2D eigenvalue weighted by Gasteiger charge is -2.25. The average molecular weight is 383 g/mol. The molecule has 0 spiro atoms. The minimum Gasteiger partial charge on any atom is -0.342 e. The maximum Gasteiger partial charge on any atom is 0.274 e. The van der Waals surface area contributed by atoms with Crippen LogP contribution in [0.1, 0.15) is 59.5 Å². The first-order valence-corrected chi connectivity index (χ1v) is 10.4. The maximum absolute atomic E-state index is 13.1. The number of nitrogens with one attached hydrogen (secondary N) is 2. The van der Waals surface area contributed by atoms with Crippen molar-refractivity contribution < 1.29 is 4.79 Å². The number of amides is 1. The molecule has 2 fully saturated rings. The van der Waals surface area contributed by atoms with Crippen LogP contribution in [-0.2, 0) is 0 Å². The maximum atomic E-state index is 13.1. The molecule has 2 aliphatic rings. The summed E-state index contributed by atoms with van der Waals surface area (Å²) in [4.78, 5) is 15.5. The number of likely N-dealkylation sites (tertiary alicyclic amines) is 1. The zero-order chi connectivity index (χ0) is 19.3. The van der Waals surface area contributed by atoms with Crippen LogP contribution in [0.3, 0.4) is 0 Å². The van der Waals surface area contributed by atoms with E-state index in [1.165, 1.54) is 12.8 Å². The summed E-state index contributed by atoms with van der Waals surface area (Å²) >= 11 is 0. The molecule has 0 aliphatic carbocycles. The Morgan fingerprint density at radius 3 is 2.64 bits per heavy atom. The highest BCUT2D eigenvalue weighted by Gasteiger charge is 2.26. The largest absolute Gasteiger partial charge is 0.342 e. The third-order valence-corrected chi connectivity index (χ3v) is 5.94. The summed E-state index contributed by atoms with van der Waals surface area (Å²) in [6, 6.07) is 10.5. The van der Waals surface area contributed by atoms with Crippen LogP contribution in [0.5, 0.6) is 0 Å². The number of aromatic nitrogens is 3. The highest BCUT2D eigenvalue weighted by Crippen LogP contribution is 2.22. The van der Waals surface area contributed by atoms with Crippen LogP contribution in [0.4, 0.5) is 0 Å². The van der Waals surface area contributed by atoms with Crippen LogP contribution < -0.4 is 10.6 Å². The molecule has 0 bridgehead atoms. The van der Waals surface area contributed by atoms with E-state index in [1.54, 1.807) is 0 Å². The molecule has 150 valence electrons. The molecule has 3 heterocycles. The molecule has 1 atom stereocenters. The summed E-state index contributed by atoms with van der Waals surface area (Å²) in [6.45, 7) is 6.95. The Bertz CT molecular complexity index is 777. The Morgan fingerprint density at radius 1 is 1.21 bits per heavy atom. The second-order valence-electron chi connectivity index (χ2n) is 7.89. The lowest BCUT2D eigenvalue weighted by Crippen LogP contribution is -2.37. The molecular weight excluding hydrogens is 352 g/mol. The highest BCUT2D eigenvalue weighted by molar-refractivity contribution is 5.93. The second kappa shape index (κ2) is 8.84. The monoisotopic (exact) mass is 382 g/mol. The van der Waals surface area contributed by atoms with Gasteiger partial charge in [-0.25, -0.2) is 4.68 Å². The number of rotatable bonds is 6. The number of piperidine rings is 1. The van der Waals surface area contributed by atoms with Crippen molar-refractivity contribution in [3.8, 4) is 0 Å². The van der Waals surface area contributed by atoms with Gasteiger partial charge < -0.3 is 15.5 Å². The van der Waals surface area contributed by atoms with Crippen molar-refractivity contribution in [2.24, 2.45) is 0 Å². The quantitative estimate of drug-likeness (QED) is 0.800. The number of hydrogen-bond acceptors (Lipinski definition) is 5. The molecule has 1 aromatic heterocycles. The predicted octanol–water partition coefficient (Wildman–Crippen LogP) is 2.08. The van der Waals surface area contributed by atoms with E-state index in [0.717, 1.165) is 56.8 Å². The van der Waals surface area contributed by atoms with E-state index in [4.69, 9.17) is 0 Å². The molecule has 2 aliphatic heterocycles. The first kappa shape index (κ1) is 19.1. The predicted molar refractivity (Wildman–Crippen MR) is 108 cm³/mol. The van der Waals surface area contributed by atoms with Gasteiger partial charge in [0, 0.05) is 6.54 Å².